The third kappa shape index (κ3) is 3.68. The molecule has 0 saturated heterocycles. The lowest BCUT2D eigenvalue weighted by atomic mass is 9.77. The zero-order chi connectivity index (χ0) is 16.4. The SMILES string of the molecule is CNc1nc(Cl)nc(NC2(C#N)CCC(C(F)(F)F)CC2)n1. The first-order chi connectivity index (χ1) is 10.3. The molecule has 120 valence electrons. The molecular formula is C12H14ClF3N6. The van der Waals surface area contributed by atoms with E-state index in [0.717, 1.165) is 0 Å². The second-order valence-corrected chi connectivity index (χ2v) is 5.47. The second kappa shape index (κ2) is 6.12. The molecule has 1 fully saturated rings. The normalized spacial score (nSPS) is 25.4. The summed E-state index contributed by atoms with van der Waals surface area (Å²) in [5.74, 6) is -1.10. The van der Waals surface area contributed by atoms with Gasteiger partial charge in [0.05, 0.1) is 12.0 Å². The van der Waals surface area contributed by atoms with Gasteiger partial charge in [-0.2, -0.15) is 33.4 Å². The average molecular weight is 335 g/mol. The van der Waals surface area contributed by atoms with Gasteiger partial charge in [-0.25, -0.2) is 0 Å². The van der Waals surface area contributed by atoms with E-state index in [-0.39, 0.29) is 42.9 Å². The van der Waals surface area contributed by atoms with Gasteiger partial charge < -0.3 is 10.6 Å². The highest BCUT2D eigenvalue weighted by Crippen LogP contribution is 2.41. The minimum absolute atomic E-state index is 0.0614. The molecule has 0 atom stereocenters. The molecule has 22 heavy (non-hydrogen) atoms. The molecule has 1 heterocycles. The first-order valence-corrected chi connectivity index (χ1v) is 7.01. The number of rotatable bonds is 3. The number of nitriles is 1. The summed E-state index contributed by atoms with van der Waals surface area (Å²) >= 11 is 5.74. The second-order valence-electron chi connectivity index (χ2n) is 5.14. The fourth-order valence-electron chi connectivity index (χ4n) is 2.43. The molecule has 10 heteroatoms. The topological polar surface area (TPSA) is 86.5 Å². The van der Waals surface area contributed by atoms with E-state index in [9.17, 15) is 18.4 Å². The summed E-state index contributed by atoms with van der Waals surface area (Å²) < 4.78 is 38.1. The summed E-state index contributed by atoms with van der Waals surface area (Å²) in [4.78, 5) is 11.7. The van der Waals surface area contributed by atoms with Crippen molar-refractivity contribution in [3.63, 3.8) is 0 Å². The molecule has 0 spiro atoms. The summed E-state index contributed by atoms with van der Waals surface area (Å²) in [6.07, 6.45) is -4.32. The molecule has 2 N–H and O–H groups in total. The lowest BCUT2D eigenvalue weighted by molar-refractivity contribution is -0.183. The van der Waals surface area contributed by atoms with Crippen molar-refractivity contribution in [2.45, 2.75) is 37.4 Å². The van der Waals surface area contributed by atoms with Gasteiger partial charge in [-0.3, -0.25) is 0 Å². The van der Waals surface area contributed by atoms with Gasteiger partial charge in [0.2, 0.25) is 17.2 Å². The van der Waals surface area contributed by atoms with Crippen molar-refractivity contribution >= 4 is 23.5 Å². The van der Waals surface area contributed by atoms with Crippen LogP contribution in [0.5, 0.6) is 0 Å². The maximum absolute atomic E-state index is 12.7. The zero-order valence-corrected chi connectivity index (χ0v) is 12.5. The van der Waals surface area contributed by atoms with E-state index in [1.54, 1.807) is 7.05 Å². The molecule has 0 aromatic carbocycles. The number of aromatic nitrogens is 3. The molecule has 1 aromatic heterocycles. The highest BCUT2D eigenvalue weighted by atomic mass is 35.5. The first-order valence-electron chi connectivity index (χ1n) is 6.63. The predicted octanol–water partition coefficient (Wildman–Crippen LogP) is 2.99. The Morgan fingerprint density at radius 1 is 1.23 bits per heavy atom. The van der Waals surface area contributed by atoms with E-state index in [1.807, 2.05) is 0 Å². The van der Waals surface area contributed by atoms with E-state index in [2.05, 4.69) is 31.7 Å². The number of alkyl halides is 3. The lowest BCUT2D eigenvalue weighted by Crippen LogP contribution is -2.43. The quantitative estimate of drug-likeness (QED) is 0.883. The Kier molecular flexibility index (Phi) is 4.60. The van der Waals surface area contributed by atoms with Crippen LogP contribution in [0.1, 0.15) is 25.7 Å². The summed E-state index contributed by atoms with van der Waals surface area (Å²) in [5.41, 5.74) is -1.13. The third-order valence-electron chi connectivity index (χ3n) is 3.70. The fraction of sp³-hybridized carbons (Fsp3) is 0.667. The van der Waals surface area contributed by atoms with Crippen LogP contribution in [0.15, 0.2) is 0 Å². The molecule has 0 aliphatic heterocycles. The smallest absolute Gasteiger partial charge is 0.357 e. The average Bonchev–Trinajstić information content (AvgIpc) is 2.46. The third-order valence-corrected chi connectivity index (χ3v) is 3.87. The minimum atomic E-state index is -4.22. The van der Waals surface area contributed by atoms with Crippen LogP contribution in [0.25, 0.3) is 0 Å². The van der Waals surface area contributed by atoms with Crippen LogP contribution in [0, 0.1) is 17.2 Å². The van der Waals surface area contributed by atoms with Crippen LogP contribution < -0.4 is 10.6 Å². The minimum Gasteiger partial charge on any atom is -0.357 e. The Morgan fingerprint density at radius 2 is 1.82 bits per heavy atom. The van der Waals surface area contributed by atoms with Crippen LogP contribution in [0.2, 0.25) is 5.28 Å². The van der Waals surface area contributed by atoms with E-state index in [1.165, 1.54) is 0 Å². The van der Waals surface area contributed by atoms with Gasteiger partial charge >= 0.3 is 6.18 Å². The predicted molar refractivity (Wildman–Crippen MR) is 74.4 cm³/mol. The van der Waals surface area contributed by atoms with Crippen molar-refractivity contribution in [1.29, 1.82) is 5.26 Å². The van der Waals surface area contributed by atoms with E-state index < -0.39 is 17.6 Å². The van der Waals surface area contributed by atoms with Gasteiger partial charge in [-0.15, -0.1) is 0 Å². The van der Waals surface area contributed by atoms with E-state index >= 15 is 0 Å². The first kappa shape index (κ1) is 16.5. The van der Waals surface area contributed by atoms with Crippen molar-refractivity contribution in [1.82, 2.24) is 15.0 Å². The molecule has 0 unspecified atom stereocenters. The summed E-state index contributed by atoms with van der Waals surface area (Å²) in [7, 11) is 1.59. The molecule has 6 nitrogen and oxygen atoms in total. The monoisotopic (exact) mass is 334 g/mol. The van der Waals surface area contributed by atoms with Gasteiger partial charge in [0, 0.05) is 7.05 Å². The van der Waals surface area contributed by atoms with Crippen LogP contribution in [0.3, 0.4) is 0 Å². The maximum Gasteiger partial charge on any atom is 0.391 e. The van der Waals surface area contributed by atoms with Crippen molar-refractivity contribution in [3.8, 4) is 6.07 Å². The van der Waals surface area contributed by atoms with Gasteiger partial charge in [-0.05, 0) is 37.3 Å². The molecule has 0 bridgehead atoms. The number of hydrogen-bond acceptors (Lipinski definition) is 6. The van der Waals surface area contributed by atoms with E-state index in [4.69, 9.17) is 11.6 Å². The highest BCUT2D eigenvalue weighted by Gasteiger charge is 2.46. The Balaban J connectivity index is 2.14. The Bertz CT molecular complexity index is 577. The van der Waals surface area contributed by atoms with Crippen LogP contribution in [0.4, 0.5) is 25.1 Å². The summed E-state index contributed by atoms with van der Waals surface area (Å²) in [6.45, 7) is 0. The molecule has 1 aliphatic rings. The van der Waals surface area contributed by atoms with Crippen molar-refractivity contribution in [2.75, 3.05) is 17.7 Å². The number of anilines is 2. The van der Waals surface area contributed by atoms with Crippen LogP contribution in [-0.2, 0) is 0 Å². The van der Waals surface area contributed by atoms with Gasteiger partial charge in [0.1, 0.15) is 5.54 Å². The fourth-order valence-corrected chi connectivity index (χ4v) is 2.59. The summed E-state index contributed by atoms with van der Waals surface area (Å²) in [5, 5.41) is 14.8. The molecular weight excluding hydrogens is 321 g/mol. The number of hydrogen-bond donors (Lipinski definition) is 2. The van der Waals surface area contributed by atoms with Gasteiger partial charge in [0.15, 0.2) is 0 Å². The largest absolute Gasteiger partial charge is 0.391 e. The Labute approximate surface area is 130 Å². The van der Waals surface area contributed by atoms with Crippen molar-refractivity contribution in [2.24, 2.45) is 5.92 Å². The highest BCUT2D eigenvalue weighted by molar-refractivity contribution is 6.28. The summed E-state index contributed by atoms with van der Waals surface area (Å²) in [6, 6.07) is 2.05. The molecule has 1 aliphatic carbocycles. The van der Waals surface area contributed by atoms with Crippen molar-refractivity contribution in [3.05, 3.63) is 5.28 Å². The molecule has 2 rings (SSSR count). The van der Waals surface area contributed by atoms with Crippen LogP contribution >= 0.6 is 11.6 Å². The Morgan fingerprint density at radius 3 is 2.32 bits per heavy atom. The van der Waals surface area contributed by atoms with E-state index in [0.29, 0.717) is 0 Å². The molecule has 0 amide bonds. The zero-order valence-electron chi connectivity index (χ0n) is 11.7. The molecule has 0 radical (unpaired) electrons. The molecule has 1 saturated carbocycles. The number of halogens is 4. The Hall–Kier alpha value is -1.82. The van der Waals surface area contributed by atoms with Gasteiger partial charge in [-0.1, -0.05) is 0 Å². The molecule has 1 aromatic rings. The van der Waals surface area contributed by atoms with Gasteiger partial charge in [0.25, 0.3) is 0 Å². The number of nitrogens with one attached hydrogen (secondary N) is 2. The maximum atomic E-state index is 12.7. The standard InChI is InChI=1S/C12H14ClF3N6/c1-18-9-19-8(13)20-10(21-9)22-11(6-17)4-2-7(3-5-11)12(14,15)16/h7H,2-5H2,1H3,(H2,18,19,20,21,22). The van der Waals surface area contributed by atoms with Crippen LogP contribution in [-0.4, -0.2) is 33.7 Å². The number of nitrogens with zero attached hydrogens (tertiary/aromatic N) is 4. The van der Waals surface area contributed by atoms with Crippen molar-refractivity contribution < 1.29 is 13.2 Å². The lowest BCUT2D eigenvalue weighted by Gasteiger charge is -2.36.